The Balaban J connectivity index is 1.89. The first-order valence-corrected chi connectivity index (χ1v) is 9.16. The van der Waals surface area contributed by atoms with Crippen molar-refractivity contribution in [2.75, 3.05) is 14.2 Å². The second-order valence-electron chi connectivity index (χ2n) is 6.24. The molecule has 1 unspecified atom stereocenters. The monoisotopic (exact) mass is 387 g/mol. The SMILES string of the molecule is COc1ccc(C(C)NC(=O)n2sc3nc(C)cc(C)c3c2=O)cc1OC. The van der Waals surface area contributed by atoms with Crippen molar-refractivity contribution < 1.29 is 14.3 Å². The lowest BCUT2D eigenvalue weighted by Gasteiger charge is -2.16. The fourth-order valence-corrected chi connectivity index (χ4v) is 3.95. The van der Waals surface area contributed by atoms with Gasteiger partial charge < -0.3 is 14.8 Å². The molecule has 3 rings (SSSR count). The number of rotatable bonds is 4. The minimum Gasteiger partial charge on any atom is -0.493 e. The summed E-state index contributed by atoms with van der Waals surface area (Å²) in [5.41, 5.74) is 2.11. The number of carbonyl (C=O) groups excluding carboxylic acids is 1. The van der Waals surface area contributed by atoms with Crippen LogP contribution in [0.3, 0.4) is 0 Å². The fraction of sp³-hybridized carbons (Fsp3) is 0.316. The van der Waals surface area contributed by atoms with Gasteiger partial charge in [0.2, 0.25) is 0 Å². The first-order valence-electron chi connectivity index (χ1n) is 8.38. The Bertz CT molecular complexity index is 1070. The number of aromatic nitrogens is 2. The Morgan fingerprint density at radius 3 is 2.56 bits per heavy atom. The maximum atomic E-state index is 12.7. The molecule has 3 aromatic rings. The molecule has 0 saturated carbocycles. The van der Waals surface area contributed by atoms with Crippen molar-refractivity contribution >= 4 is 27.8 Å². The minimum absolute atomic E-state index is 0.329. The Morgan fingerprint density at radius 1 is 1.19 bits per heavy atom. The molecule has 0 spiro atoms. The molecule has 0 aliphatic rings. The highest BCUT2D eigenvalue weighted by Crippen LogP contribution is 2.30. The van der Waals surface area contributed by atoms with Gasteiger partial charge in [-0.05, 0) is 61.6 Å². The van der Waals surface area contributed by atoms with Crippen LogP contribution in [0.15, 0.2) is 29.1 Å². The van der Waals surface area contributed by atoms with Crippen molar-refractivity contribution in [3.05, 3.63) is 51.4 Å². The molecule has 1 N–H and O–H groups in total. The van der Waals surface area contributed by atoms with Gasteiger partial charge in [-0.25, -0.2) is 9.78 Å². The van der Waals surface area contributed by atoms with Gasteiger partial charge in [0.25, 0.3) is 5.56 Å². The van der Waals surface area contributed by atoms with Crippen molar-refractivity contribution in [2.24, 2.45) is 0 Å². The number of carbonyl (C=O) groups is 1. The average Bonchev–Trinajstić information content (AvgIpc) is 2.97. The molecule has 1 atom stereocenters. The van der Waals surface area contributed by atoms with Gasteiger partial charge >= 0.3 is 6.03 Å². The Hall–Kier alpha value is -2.87. The van der Waals surface area contributed by atoms with Crippen molar-refractivity contribution in [3.8, 4) is 11.5 Å². The lowest BCUT2D eigenvalue weighted by Crippen LogP contribution is -2.34. The number of nitrogens with one attached hydrogen (secondary N) is 1. The number of fused-ring (bicyclic) bond motifs is 1. The van der Waals surface area contributed by atoms with Crippen LogP contribution >= 0.6 is 11.5 Å². The topological polar surface area (TPSA) is 82.5 Å². The molecular formula is C19H21N3O4S. The van der Waals surface area contributed by atoms with E-state index in [0.29, 0.717) is 21.7 Å². The third-order valence-electron chi connectivity index (χ3n) is 4.32. The summed E-state index contributed by atoms with van der Waals surface area (Å²) in [5.74, 6) is 1.18. The largest absolute Gasteiger partial charge is 0.493 e. The van der Waals surface area contributed by atoms with Crippen LogP contribution in [-0.2, 0) is 0 Å². The molecule has 27 heavy (non-hydrogen) atoms. The number of hydrogen-bond donors (Lipinski definition) is 1. The molecule has 0 fully saturated rings. The summed E-state index contributed by atoms with van der Waals surface area (Å²) >= 11 is 1.05. The molecular weight excluding hydrogens is 366 g/mol. The quantitative estimate of drug-likeness (QED) is 0.742. The van der Waals surface area contributed by atoms with E-state index in [4.69, 9.17) is 9.47 Å². The van der Waals surface area contributed by atoms with Crippen LogP contribution in [0, 0.1) is 13.8 Å². The summed E-state index contributed by atoms with van der Waals surface area (Å²) in [6, 6.07) is 6.44. The molecule has 1 aromatic carbocycles. The molecule has 1 amide bonds. The third-order valence-corrected chi connectivity index (χ3v) is 5.30. The molecule has 8 heteroatoms. The molecule has 0 radical (unpaired) electrons. The van der Waals surface area contributed by atoms with Crippen molar-refractivity contribution in [1.29, 1.82) is 0 Å². The van der Waals surface area contributed by atoms with E-state index >= 15 is 0 Å². The van der Waals surface area contributed by atoms with Crippen LogP contribution in [-0.4, -0.2) is 29.2 Å². The first kappa shape index (κ1) is 18.9. The lowest BCUT2D eigenvalue weighted by molar-refractivity contribution is 0.241. The zero-order valence-electron chi connectivity index (χ0n) is 15.8. The zero-order valence-corrected chi connectivity index (χ0v) is 16.6. The van der Waals surface area contributed by atoms with Gasteiger partial charge in [0.1, 0.15) is 4.83 Å². The average molecular weight is 387 g/mol. The lowest BCUT2D eigenvalue weighted by atomic mass is 10.1. The Labute approximate surface area is 160 Å². The van der Waals surface area contributed by atoms with E-state index in [-0.39, 0.29) is 11.6 Å². The van der Waals surface area contributed by atoms with E-state index in [1.165, 1.54) is 0 Å². The molecule has 0 aliphatic carbocycles. The third kappa shape index (κ3) is 3.52. The number of hydrogen-bond acceptors (Lipinski definition) is 6. The van der Waals surface area contributed by atoms with E-state index in [9.17, 15) is 9.59 Å². The zero-order chi connectivity index (χ0) is 19.7. The molecule has 0 aliphatic heterocycles. The first-order chi connectivity index (χ1) is 12.8. The van der Waals surface area contributed by atoms with E-state index in [2.05, 4.69) is 10.3 Å². The van der Waals surface area contributed by atoms with E-state index in [0.717, 1.165) is 32.3 Å². The summed E-state index contributed by atoms with van der Waals surface area (Å²) < 4.78 is 11.6. The van der Waals surface area contributed by atoms with Crippen LogP contribution in [0.5, 0.6) is 11.5 Å². The summed E-state index contributed by atoms with van der Waals surface area (Å²) in [6.07, 6.45) is 0. The fourth-order valence-electron chi connectivity index (χ4n) is 2.94. The Kier molecular flexibility index (Phi) is 5.18. The van der Waals surface area contributed by atoms with Crippen LogP contribution in [0.1, 0.15) is 29.8 Å². The van der Waals surface area contributed by atoms with E-state index in [1.54, 1.807) is 26.4 Å². The second kappa shape index (κ2) is 7.40. The van der Waals surface area contributed by atoms with Gasteiger partial charge in [-0.15, -0.1) is 0 Å². The molecule has 142 valence electrons. The number of nitrogens with zero attached hydrogens (tertiary/aromatic N) is 2. The standard InChI is InChI=1S/C19H21N3O4S/c1-10-8-11(2)20-17-16(10)18(23)22(27-17)19(24)21-12(3)13-6-7-14(25-4)15(9-13)26-5/h6-9,12H,1-5H3,(H,21,24). The van der Waals surface area contributed by atoms with Gasteiger partial charge in [-0.2, -0.15) is 3.96 Å². The van der Waals surface area contributed by atoms with Crippen LogP contribution in [0.25, 0.3) is 10.2 Å². The molecule has 2 heterocycles. The smallest absolute Gasteiger partial charge is 0.338 e. The number of amides is 1. The number of methoxy groups -OCH3 is 2. The van der Waals surface area contributed by atoms with Gasteiger partial charge in [-0.3, -0.25) is 4.79 Å². The van der Waals surface area contributed by atoms with Crippen LogP contribution in [0.4, 0.5) is 4.79 Å². The normalized spacial score (nSPS) is 12.0. The maximum Gasteiger partial charge on any atom is 0.338 e. The van der Waals surface area contributed by atoms with Gasteiger partial charge in [0, 0.05) is 5.69 Å². The summed E-state index contributed by atoms with van der Waals surface area (Å²) in [5, 5.41) is 3.33. The van der Waals surface area contributed by atoms with Crippen molar-refractivity contribution in [3.63, 3.8) is 0 Å². The van der Waals surface area contributed by atoms with Gasteiger partial charge in [0.05, 0.1) is 25.6 Å². The predicted molar refractivity (Wildman–Crippen MR) is 105 cm³/mol. The number of pyridine rings is 1. The minimum atomic E-state index is -0.484. The molecule has 2 aromatic heterocycles. The van der Waals surface area contributed by atoms with E-state index < -0.39 is 6.03 Å². The predicted octanol–water partition coefficient (Wildman–Crippen LogP) is 3.41. The second-order valence-corrected chi connectivity index (χ2v) is 7.17. The van der Waals surface area contributed by atoms with Gasteiger partial charge in [-0.1, -0.05) is 6.07 Å². The number of ether oxygens (including phenoxy) is 2. The van der Waals surface area contributed by atoms with Gasteiger partial charge in [0.15, 0.2) is 11.5 Å². The highest BCUT2D eigenvalue weighted by atomic mass is 32.1. The summed E-state index contributed by atoms with van der Waals surface area (Å²) in [7, 11) is 3.12. The molecule has 7 nitrogen and oxygen atoms in total. The maximum absolute atomic E-state index is 12.7. The summed E-state index contributed by atoms with van der Waals surface area (Å²) in [6.45, 7) is 5.55. The molecule has 0 bridgehead atoms. The number of aryl methyl sites for hydroxylation is 2. The highest BCUT2D eigenvalue weighted by molar-refractivity contribution is 7.14. The van der Waals surface area contributed by atoms with E-state index in [1.807, 2.05) is 32.9 Å². The highest BCUT2D eigenvalue weighted by Gasteiger charge is 2.19. The van der Waals surface area contributed by atoms with Crippen LogP contribution < -0.4 is 20.3 Å². The molecule has 0 saturated heterocycles. The van der Waals surface area contributed by atoms with Crippen molar-refractivity contribution in [1.82, 2.24) is 14.3 Å². The van der Waals surface area contributed by atoms with Crippen LogP contribution in [0.2, 0.25) is 0 Å². The Morgan fingerprint density at radius 2 is 1.89 bits per heavy atom. The summed E-state index contributed by atoms with van der Waals surface area (Å²) in [4.78, 5) is 30.2. The van der Waals surface area contributed by atoms with Crippen molar-refractivity contribution in [2.45, 2.75) is 26.8 Å². The number of benzene rings is 1.